The van der Waals surface area contributed by atoms with E-state index in [4.69, 9.17) is 15.2 Å². The number of benzene rings is 1. The molecule has 7 heteroatoms. The molecular weight excluding hydrogens is 335 g/mol. The van der Waals surface area contributed by atoms with E-state index in [1.807, 2.05) is 6.07 Å². The first-order valence-electron chi connectivity index (χ1n) is 7.99. The van der Waals surface area contributed by atoms with Gasteiger partial charge in [-0.2, -0.15) is 0 Å². The van der Waals surface area contributed by atoms with E-state index in [1.165, 1.54) is 12.1 Å². The van der Waals surface area contributed by atoms with Crippen molar-refractivity contribution >= 4 is 18.3 Å². The van der Waals surface area contributed by atoms with Crippen molar-refractivity contribution in [2.24, 2.45) is 5.73 Å². The molecule has 0 aromatic heterocycles. The third-order valence-corrected chi connectivity index (χ3v) is 4.06. The molecule has 0 radical (unpaired) electrons. The number of carbonyl (C=O) groups is 1. The lowest BCUT2D eigenvalue weighted by atomic mass is 10.1. The van der Waals surface area contributed by atoms with E-state index in [-0.39, 0.29) is 49.3 Å². The van der Waals surface area contributed by atoms with Crippen molar-refractivity contribution < 1.29 is 18.7 Å². The van der Waals surface area contributed by atoms with Gasteiger partial charge >= 0.3 is 0 Å². The zero-order valence-corrected chi connectivity index (χ0v) is 14.8. The maximum absolute atomic E-state index is 13.4. The van der Waals surface area contributed by atoms with Crippen LogP contribution in [0.2, 0.25) is 0 Å². The SMILES string of the molecule is COC(CN)CC(=O)N(Cc1cccc(F)c1)CC1CCCO1.Cl. The first-order valence-corrected chi connectivity index (χ1v) is 7.99. The van der Waals surface area contributed by atoms with Crippen LogP contribution >= 0.6 is 12.4 Å². The molecule has 2 atom stereocenters. The molecule has 1 aliphatic heterocycles. The van der Waals surface area contributed by atoms with Gasteiger partial charge in [0.15, 0.2) is 0 Å². The summed E-state index contributed by atoms with van der Waals surface area (Å²) in [6.07, 6.45) is 1.91. The number of hydrogen-bond donors (Lipinski definition) is 1. The molecule has 0 spiro atoms. The summed E-state index contributed by atoms with van der Waals surface area (Å²) < 4.78 is 24.2. The average Bonchev–Trinajstić information content (AvgIpc) is 3.05. The van der Waals surface area contributed by atoms with Crippen molar-refractivity contribution in [3.63, 3.8) is 0 Å². The number of methoxy groups -OCH3 is 1. The molecule has 0 saturated carbocycles. The first kappa shape index (κ1) is 20.8. The minimum Gasteiger partial charge on any atom is -0.380 e. The molecule has 1 heterocycles. The molecule has 2 rings (SSSR count). The van der Waals surface area contributed by atoms with Gasteiger partial charge in [0, 0.05) is 33.4 Å². The summed E-state index contributed by atoms with van der Waals surface area (Å²) in [5, 5.41) is 0. The molecule has 1 amide bonds. The average molecular weight is 361 g/mol. The minimum absolute atomic E-state index is 0. The van der Waals surface area contributed by atoms with Crippen LogP contribution in [0.5, 0.6) is 0 Å². The Morgan fingerprint density at radius 2 is 2.33 bits per heavy atom. The van der Waals surface area contributed by atoms with Crippen molar-refractivity contribution in [1.29, 1.82) is 0 Å². The van der Waals surface area contributed by atoms with Crippen molar-refractivity contribution in [3.8, 4) is 0 Å². The fourth-order valence-electron chi connectivity index (χ4n) is 2.73. The van der Waals surface area contributed by atoms with Crippen LogP contribution in [0.3, 0.4) is 0 Å². The van der Waals surface area contributed by atoms with Gasteiger partial charge in [-0.3, -0.25) is 4.79 Å². The Kier molecular flexibility index (Phi) is 9.21. The zero-order chi connectivity index (χ0) is 16.7. The van der Waals surface area contributed by atoms with E-state index in [2.05, 4.69) is 0 Å². The molecule has 136 valence electrons. The smallest absolute Gasteiger partial charge is 0.225 e. The number of rotatable bonds is 8. The second-order valence-corrected chi connectivity index (χ2v) is 5.84. The third-order valence-electron chi connectivity index (χ3n) is 4.06. The van der Waals surface area contributed by atoms with Crippen LogP contribution in [0, 0.1) is 5.82 Å². The maximum atomic E-state index is 13.4. The van der Waals surface area contributed by atoms with Crippen molar-refractivity contribution in [1.82, 2.24) is 4.90 Å². The lowest BCUT2D eigenvalue weighted by Crippen LogP contribution is -2.39. The molecule has 2 N–H and O–H groups in total. The van der Waals surface area contributed by atoms with Crippen molar-refractivity contribution in [3.05, 3.63) is 35.6 Å². The predicted molar refractivity (Wildman–Crippen MR) is 92.5 cm³/mol. The molecule has 1 aromatic rings. The van der Waals surface area contributed by atoms with Crippen LogP contribution in [0.4, 0.5) is 4.39 Å². The Hall–Kier alpha value is -1.21. The van der Waals surface area contributed by atoms with Crippen LogP contribution in [0.25, 0.3) is 0 Å². The standard InChI is InChI=1S/C17H25FN2O3.ClH/c1-22-16(10-19)9-17(21)20(12-15-6-3-7-23-15)11-13-4-2-5-14(18)8-13;/h2,4-5,8,15-16H,3,6-7,9-12,19H2,1H3;1H. The van der Waals surface area contributed by atoms with Gasteiger partial charge in [0.05, 0.1) is 18.6 Å². The largest absolute Gasteiger partial charge is 0.380 e. The Balaban J connectivity index is 0.00000288. The lowest BCUT2D eigenvalue weighted by molar-refractivity contribution is -0.135. The van der Waals surface area contributed by atoms with Gasteiger partial charge in [0.2, 0.25) is 5.91 Å². The number of amides is 1. The second kappa shape index (κ2) is 10.6. The molecule has 1 aliphatic rings. The lowest BCUT2D eigenvalue weighted by Gasteiger charge is -2.27. The summed E-state index contributed by atoms with van der Waals surface area (Å²) >= 11 is 0. The molecular formula is C17H26ClFN2O3. The number of halogens is 2. The Morgan fingerprint density at radius 3 is 2.92 bits per heavy atom. The van der Waals surface area contributed by atoms with E-state index in [0.717, 1.165) is 25.0 Å². The highest BCUT2D eigenvalue weighted by molar-refractivity contribution is 5.85. The number of nitrogens with two attached hydrogens (primary N) is 1. The molecule has 0 bridgehead atoms. The highest BCUT2D eigenvalue weighted by Gasteiger charge is 2.24. The van der Waals surface area contributed by atoms with Gasteiger partial charge in [0.1, 0.15) is 5.82 Å². The normalized spacial score (nSPS) is 18.0. The zero-order valence-electron chi connectivity index (χ0n) is 13.9. The number of nitrogens with zero attached hydrogens (tertiary/aromatic N) is 1. The Morgan fingerprint density at radius 1 is 1.54 bits per heavy atom. The highest BCUT2D eigenvalue weighted by Crippen LogP contribution is 2.17. The summed E-state index contributed by atoms with van der Waals surface area (Å²) in [5.74, 6) is -0.356. The molecule has 24 heavy (non-hydrogen) atoms. The van der Waals surface area contributed by atoms with Gasteiger partial charge in [-0.15, -0.1) is 12.4 Å². The summed E-state index contributed by atoms with van der Waals surface area (Å²) in [5.41, 5.74) is 6.36. The summed E-state index contributed by atoms with van der Waals surface area (Å²) in [4.78, 5) is 14.3. The van der Waals surface area contributed by atoms with E-state index in [9.17, 15) is 9.18 Å². The fraction of sp³-hybridized carbons (Fsp3) is 0.588. The molecule has 0 aliphatic carbocycles. The maximum Gasteiger partial charge on any atom is 0.225 e. The number of carbonyl (C=O) groups excluding carboxylic acids is 1. The van der Waals surface area contributed by atoms with Crippen LogP contribution in [-0.4, -0.2) is 49.8 Å². The second-order valence-electron chi connectivity index (χ2n) is 5.84. The topological polar surface area (TPSA) is 64.8 Å². The van der Waals surface area contributed by atoms with E-state index >= 15 is 0 Å². The van der Waals surface area contributed by atoms with Gasteiger partial charge in [-0.25, -0.2) is 4.39 Å². The quantitative estimate of drug-likeness (QED) is 0.771. The van der Waals surface area contributed by atoms with E-state index < -0.39 is 0 Å². The Bertz CT molecular complexity index is 508. The summed E-state index contributed by atoms with van der Waals surface area (Å²) in [6, 6.07) is 6.31. The number of hydrogen-bond acceptors (Lipinski definition) is 4. The van der Waals surface area contributed by atoms with E-state index in [1.54, 1.807) is 18.1 Å². The first-order chi connectivity index (χ1) is 11.1. The molecule has 1 saturated heterocycles. The van der Waals surface area contributed by atoms with Crippen LogP contribution in [-0.2, 0) is 20.8 Å². The van der Waals surface area contributed by atoms with E-state index in [0.29, 0.717) is 13.1 Å². The van der Waals surface area contributed by atoms with Crippen LogP contribution in [0.1, 0.15) is 24.8 Å². The minimum atomic E-state index is -0.304. The monoisotopic (exact) mass is 360 g/mol. The highest BCUT2D eigenvalue weighted by atomic mass is 35.5. The summed E-state index contributed by atoms with van der Waals surface area (Å²) in [6.45, 7) is 1.89. The molecule has 1 fully saturated rings. The van der Waals surface area contributed by atoms with Crippen LogP contribution < -0.4 is 5.73 Å². The van der Waals surface area contributed by atoms with Crippen LogP contribution in [0.15, 0.2) is 24.3 Å². The number of ether oxygens (including phenoxy) is 2. The van der Waals surface area contributed by atoms with Gasteiger partial charge in [-0.05, 0) is 30.5 Å². The Labute approximate surface area is 148 Å². The van der Waals surface area contributed by atoms with Crippen molar-refractivity contribution in [2.45, 2.75) is 38.0 Å². The van der Waals surface area contributed by atoms with Gasteiger partial charge in [-0.1, -0.05) is 12.1 Å². The van der Waals surface area contributed by atoms with Gasteiger partial charge in [0.25, 0.3) is 0 Å². The predicted octanol–water partition coefficient (Wildman–Crippen LogP) is 2.12. The summed E-state index contributed by atoms with van der Waals surface area (Å²) in [7, 11) is 1.54. The fourth-order valence-corrected chi connectivity index (χ4v) is 2.73. The molecule has 5 nitrogen and oxygen atoms in total. The molecule has 2 unspecified atom stereocenters. The third kappa shape index (κ3) is 6.36. The molecule has 1 aromatic carbocycles. The van der Waals surface area contributed by atoms with Gasteiger partial charge < -0.3 is 20.1 Å². The van der Waals surface area contributed by atoms with Crippen molar-refractivity contribution in [2.75, 3.05) is 26.8 Å².